The Morgan fingerprint density at radius 1 is 1.43 bits per heavy atom. The first-order valence-electron chi connectivity index (χ1n) is 3.67. The molecule has 1 rings (SSSR count). The van der Waals surface area contributed by atoms with E-state index in [9.17, 15) is 13.2 Å². The fourth-order valence-corrected chi connectivity index (χ4v) is 2.19. The summed E-state index contributed by atoms with van der Waals surface area (Å²) in [6, 6.07) is 6.09. The van der Waals surface area contributed by atoms with Gasteiger partial charge in [-0.1, -0.05) is 6.07 Å². The molecule has 76 valence electrons. The van der Waals surface area contributed by atoms with Crippen LogP contribution in [0.25, 0.3) is 0 Å². The molecule has 0 bridgehead atoms. The van der Waals surface area contributed by atoms with Crippen molar-refractivity contribution in [2.24, 2.45) is 5.73 Å². The van der Waals surface area contributed by atoms with Gasteiger partial charge in [-0.05, 0) is 30.0 Å². The maximum absolute atomic E-state index is 11.1. The highest BCUT2D eigenvalue weighted by Gasteiger charge is 2.08. The van der Waals surface area contributed by atoms with Gasteiger partial charge in [0.2, 0.25) is 0 Å². The topological polar surface area (TPSA) is 77.2 Å². The SMILES string of the molecule is CS(=O)(=O)c1cccc(SC(N)=O)c1. The van der Waals surface area contributed by atoms with Crippen LogP contribution in [-0.2, 0) is 9.84 Å². The summed E-state index contributed by atoms with van der Waals surface area (Å²) in [5.41, 5.74) is 4.96. The van der Waals surface area contributed by atoms with Crippen molar-refractivity contribution in [3.63, 3.8) is 0 Å². The van der Waals surface area contributed by atoms with Crippen LogP contribution in [0.2, 0.25) is 0 Å². The molecular weight excluding hydrogens is 222 g/mol. The molecule has 0 fully saturated rings. The maximum atomic E-state index is 11.1. The average Bonchev–Trinajstić information content (AvgIpc) is 2.01. The van der Waals surface area contributed by atoms with Gasteiger partial charge >= 0.3 is 0 Å². The number of thioether (sulfide) groups is 1. The maximum Gasteiger partial charge on any atom is 0.281 e. The molecule has 0 saturated heterocycles. The molecule has 1 aromatic rings. The molecule has 0 unspecified atom stereocenters. The predicted octanol–water partition coefficient (Wildman–Crippen LogP) is 1.26. The van der Waals surface area contributed by atoms with E-state index in [-0.39, 0.29) is 4.90 Å². The Labute approximate surface area is 86.4 Å². The second-order valence-corrected chi connectivity index (χ2v) is 5.76. The minimum atomic E-state index is -3.23. The number of carbonyl (C=O) groups excluding carboxylic acids is 1. The Morgan fingerprint density at radius 3 is 2.57 bits per heavy atom. The van der Waals surface area contributed by atoms with Gasteiger partial charge < -0.3 is 5.73 Å². The zero-order valence-electron chi connectivity index (χ0n) is 7.43. The summed E-state index contributed by atoms with van der Waals surface area (Å²) in [4.78, 5) is 11.3. The van der Waals surface area contributed by atoms with Crippen molar-refractivity contribution in [1.82, 2.24) is 0 Å². The van der Waals surface area contributed by atoms with Crippen molar-refractivity contribution in [3.05, 3.63) is 24.3 Å². The Kier molecular flexibility index (Phi) is 3.17. The number of benzene rings is 1. The van der Waals surface area contributed by atoms with Crippen LogP contribution in [0.4, 0.5) is 4.79 Å². The van der Waals surface area contributed by atoms with Gasteiger partial charge in [-0.15, -0.1) is 0 Å². The Balaban J connectivity index is 3.08. The number of sulfone groups is 1. The first-order valence-corrected chi connectivity index (χ1v) is 6.38. The van der Waals surface area contributed by atoms with Gasteiger partial charge in [0.1, 0.15) is 0 Å². The summed E-state index contributed by atoms with van der Waals surface area (Å²) in [5.74, 6) is 0. The highest BCUT2D eigenvalue weighted by molar-refractivity contribution is 8.13. The molecule has 14 heavy (non-hydrogen) atoms. The van der Waals surface area contributed by atoms with E-state index in [1.54, 1.807) is 12.1 Å². The van der Waals surface area contributed by atoms with E-state index in [4.69, 9.17) is 5.73 Å². The highest BCUT2D eigenvalue weighted by Crippen LogP contribution is 2.20. The van der Waals surface area contributed by atoms with Gasteiger partial charge in [-0.2, -0.15) is 0 Å². The van der Waals surface area contributed by atoms with Crippen molar-refractivity contribution >= 4 is 26.8 Å². The largest absolute Gasteiger partial charge is 0.360 e. The number of carbonyl (C=O) groups is 1. The molecule has 2 N–H and O–H groups in total. The lowest BCUT2D eigenvalue weighted by molar-refractivity contribution is 0.267. The van der Waals surface area contributed by atoms with Crippen LogP contribution in [0.3, 0.4) is 0 Å². The van der Waals surface area contributed by atoms with Gasteiger partial charge in [-0.3, -0.25) is 4.79 Å². The number of nitrogens with two attached hydrogens (primary N) is 1. The number of hydrogen-bond donors (Lipinski definition) is 1. The summed E-state index contributed by atoms with van der Waals surface area (Å²) in [6.07, 6.45) is 1.11. The highest BCUT2D eigenvalue weighted by atomic mass is 32.2. The molecule has 1 aromatic carbocycles. The van der Waals surface area contributed by atoms with E-state index in [1.165, 1.54) is 12.1 Å². The van der Waals surface area contributed by atoms with E-state index in [2.05, 4.69) is 0 Å². The predicted molar refractivity (Wildman–Crippen MR) is 55.0 cm³/mol. The molecule has 0 saturated carbocycles. The normalized spacial score (nSPS) is 11.2. The molecule has 0 aliphatic rings. The van der Waals surface area contributed by atoms with Crippen molar-refractivity contribution in [2.75, 3.05) is 6.26 Å². The third kappa shape index (κ3) is 3.04. The lowest BCUT2D eigenvalue weighted by atomic mass is 10.4. The smallest absolute Gasteiger partial charge is 0.281 e. The van der Waals surface area contributed by atoms with Crippen LogP contribution < -0.4 is 5.73 Å². The van der Waals surface area contributed by atoms with Crippen LogP contribution in [0.15, 0.2) is 34.1 Å². The number of amides is 1. The number of primary amides is 1. The zero-order valence-corrected chi connectivity index (χ0v) is 9.06. The summed E-state index contributed by atoms with van der Waals surface area (Å²) in [6.45, 7) is 0. The first kappa shape index (κ1) is 11.1. The van der Waals surface area contributed by atoms with Crippen LogP contribution >= 0.6 is 11.8 Å². The minimum Gasteiger partial charge on any atom is -0.360 e. The second-order valence-electron chi connectivity index (χ2n) is 2.67. The van der Waals surface area contributed by atoms with Gasteiger partial charge in [0.25, 0.3) is 5.24 Å². The molecule has 4 nitrogen and oxygen atoms in total. The van der Waals surface area contributed by atoms with Gasteiger partial charge in [0.05, 0.1) is 4.90 Å². The molecule has 0 heterocycles. The van der Waals surface area contributed by atoms with Crippen molar-refractivity contribution in [1.29, 1.82) is 0 Å². The van der Waals surface area contributed by atoms with Gasteiger partial charge in [0.15, 0.2) is 9.84 Å². The first-order chi connectivity index (χ1) is 6.39. The molecule has 0 aromatic heterocycles. The standard InChI is InChI=1S/C8H9NO3S2/c1-14(11,12)7-4-2-3-6(5-7)13-8(9)10/h2-5H,1H3,(H2,9,10). The Morgan fingerprint density at radius 2 is 2.07 bits per heavy atom. The number of rotatable bonds is 2. The van der Waals surface area contributed by atoms with Crippen molar-refractivity contribution in [3.8, 4) is 0 Å². The fourth-order valence-electron chi connectivity index (χ4n) is 0.884. The average molecular weight is 231 g/mol. The van der Waals surface area contributed by atoms with E-state index in [1.807, 2.05) is 0 Å². The quantitative estimate of drug-likeness (QED) is 0.777. The number of hydrogen-bond acceptors (Lipinski definition) is 4. The lowest BCUT2D eigenvalue weighted by Gasteiger charge is -2.00. The molecule has 0 aliphatic heterocycles. The van der Waals surface area contributed by atoms with E-state index < -0.39 is 15.1 Å². The summed E-state index contributed by atoms with van der Waals surface area (Å²) < 4.78 is 22.3. The molecule has 6 heteroatoms. The molecule has 0 atom stereocenters. The van der Waals surface area contributed by atoms with E-state index in [0.717, 1.165) is 18.0 Å². The molecule has 0 aliphatic carbocycles. The van der Waals surface area contributed by atoms with Gasteiger partial charge in [0, 0.05) is 11.2 Å². The second kappa shape index (κ2) is 4.02. The van der Waals surface area contributed by atoms with E-state index in [0.29, 0.717) is 4.90 Å². The third-order valence-electron chi connectivity index (χ3n) is 1.45. The van der Waals surface area contributed by atoms with Crippen LogP contribution in [0, 0.1) is 0 Å². The summed E-state index contributed by atoms with van der Waals surface area (Å²) in [7, 11) is -3.23. The molecular formula is C8H9NO3S2. The molecule has 0 radical (unpaired) electrons. The zero-order chi connectivity index (χ0) is 10.8. The Hall–Kier alpha value is -1.01. The van der Waals surface area contributed by atoms with Crippen molar-refractivity contribution in [2.45, 2.75) is 9.79 Å². The summed E-state index contributed by atoms with van der Waals surface area (Å²) >= 11 is 0.803. The third-order valence-corrected chi connectivity index (χ3v) is 3.25. The van der Waals surface area contributed by atoms with Crippen LogP contribution in [0.1, 0.15) is 0 Å². The lowest BCUT2D eigenvalue weighted by Crippen LogP contribution is -2.02. The Bertz CT molecular complexity index is 453. The monoisotopic (exact) mass is 231 g/mol. The van der Waals surface area contributed by atoms with Crippen molar-refractivity contribution < 1.29 is 13.2 Å². The summed E-state index contributed by atoms with van der Waals surface area (Å²) in [5, 5.41) is -0.560. The molecule has 1 amide bonds. The van der Waals surface area contributed by atoms with Crippen LogP contribution in [-0.4, -0.2) is 19.9 Å². The minimum absolute atomic E-state index is 0.184. The van der Waals surface area contributed by atoms with E-state index >= 15 is 0 Å². The van der Waals surface area contributed by atoms with Gasteiger partial charge in [-0.25, -0.2) is 8.42 Å². The van der Waals surface area contributed by atoms with Crippen LogP contribution in [0.5, 0.6) is 0 Å². The fraction of sp³-hybridized carbons (Fsp3) is 0.125. The molecule has 0 spiro atoms.